The van der Waals surface area contributed by atoms with Crippen LogP contribution in [0.2, 0.25) is 10.0 Å². The highest BCUT2D eigenvalue weighted by atomic mass is 35.5. The molecule has 0 aliphatic carbocycles. The van der Waals surface area contributed by atoms with E-state index in [9.17, 15) is 19.7 Å². The second-order valence-corrected chi connectivity index (χ2v) is 8.18. The van der Waals surface area contributed by atoms with Gasteiger partial charge >= 0.3 is 5.97 Å². The summed E-state index contributed by atoms with van der Waals surface area (Å²) in [6.07, 6.45) is 3.00. The number of carbonyl (C=O) groups excluding carboxylic acids is 2. The third kappa shape index (κ3) is 5.78. The fraction of sp³-hybridized carbons (Fsp3) is 0.304. The molecule has 9 nitrogen and oxygen atoms in total. The molecular weight excluding hydrogens is 485 g/mol. The first-order valence-electron chi connectivity index (χ1n) is 10.5. The zero-order valence-corrected chi connectivity index (χ0v) is 20.1. The van der Waals surface area contributed by atoms with Crippen molar-refractivity contribution in [3.8, 4) is 5.75 Å². The van der Waals surface area contributed by atoms with Gasteiger partial charge in [0.2, 0.25) is 5.91 Å². The molecule has 0 radical (unpaired) electrons. The van der Waals surface area contributed by atoms with Crippen molar-refractivity contribution in [1.82, 2.24) is 4.90 Å². The van der Waals surface area contributed by atoms with Crippen molar-refractivity contribution in [2.45, 2.75) is 6.92 Å². The van der Waals surface area contributed by atoms with E-state index in [1.54, 1.807) is 30.0 Å². The molecule has 0 unspecified atom stereocenters. The highest BCUT2D eigenvalue weighted by Crippen LogP contribution is 2.33. The lowest BCUT2D eigenvalue weighted by molar-refractivity contribution is -0.384. The van der Waals surface area contributed by atoms with Crippen LogP contribution in [0.5, 0.6) is 5.75 Å². The van der Waals surface area contributed by atoms with Gasteiger partial charge in [0.1, 0.15) is 11.4 Å². The van der Waals surface area contributed by atoms with Crippen molar-refractivity contribution in [2.24, 2.45) is 0 Å². The van der Waals surface area contributed by atoms with E-state index in [0.29, 0.717) is 53.2 Å². The third-order valence-corrected chi connectivity index (χ3v) is 5.76. The Bertz CT molecular complexity index is 1130. The lowest BCUT2D eigenvalue weighted by atomic mass is 10.1. The van der Waals surface area contributed by atoms with Crippen LogP contribution in [0.3, 0.4) is 0 Å². The number of methoxy groups -OCH3 is 1. The van der Waals surface area contributed by atoms with E-state index in [1.165, 1.54) is 31.4 Å². The lowest BCUT2D eigenvalue weighted by Crippen LogP contribution is -2.48. The van der Waals surface area contributed by atoms with Gasteiger partial charge in [0.05, 0.1) is 29.2 Å². The summed E-state index contributed by atoms with van der Waals surface area (Å²) in [5.74, 6) is -0.416. The summed E-state index contributed by atoms with van der Waals surface area (Å²) in [7, 11) is 1.48. The molecule has 3 rings (SSSR count). The van der Waals surface area contributed by atoms with E-state index in [1.807, 2.05) is 4.90 Å². The fourth-order valence-electron chi connectivity index (χ4n) is 3.63. The molecule has 0 atom stereocenters. The van der Waals surface area contributed by atoms with E-state index >= 15 is 0 Å². The Balaban J connectivity index is 1.70. The van der Waals surface area contributed by atoms with Gasteiger partial charge in [-0.3, -0.25) is 14.9 Å². The molecule has 0 aromatic heterocycles. The fourth-order valence-corrected chi connectivity index (χ4v) is 4.22. The van der Waals surface area contributed by atoms with Crippen LogP contribution < -0.4 is 9.64 Å². The normalized spacial score (nSPS) is 13.8. The van der Waals surface area contributed by atoms with Crippen molar-refractivity contribution in [3.63, 3.8) is 0 Å². The summed E-state index contributed by atoms with van der Waals surface area (Å²) in [5.41, 5.74) is 0.895. The lowest BCUT2D eigenvalue weighted by Gasteiger charge is -2.35. The van der Waals surface area contributed by atoms with E-state index in [0.717, 1.165) is 0 Å². The molecule has 180 valence electrons. The molecule has 0 saturated carbocycles. The number of hydrogen-bond acceptors (Lipinski definition) is 7. The van der Waals surface area contributed by atoms with Crippen molar-refractivity contribution in [1.29, 1.82) is 0 Å². The summed E-state index contributed by atoms with van der Waals surface area (Å²) in [6.45, 7) is 3.37. The molecule has 2 aromatic rings. The molecule has 0 bridgehead atoms. The van der Waals surface area contributed by atoms with Crippen LogP contribution in [0.25, 0.3) is 6.08 Å². The summed E-state index contributed by atoms with van der Waals surface area (Å²) in [5, 5.41) is 12.4. The average Bonchev–Trinajstić information content (AvgIpc) is 2.82. The van der Waals surface area contributed by atoms with Crippen molar-refractivity contribution in [3.05, 3.63) is 67.7 Å². The molecule has 0 spiro atoms. The SMILES string of the molecule is CCOC(=O)c1ccc(N2CCN(C(=O)/C=C/c3cc(Cl)cc(Cl)c3OC)CC2)c([N+](=O)[O-])c1. The molecule has 1 saturated heterocycles. The molecule has 1 aliphatic rings. The van der Waals surface area contributed by atoms with E-state index in [4.69, 9.17) is 32.7 Å². The molecular formula is C23H23Cl2N3O6. The first kappa shape index (κ1) is 25.3. The molecule has 1 amide bonds. The van der Waals surface area contributed by atoms with Crippen LogP contribution in [0.15, 0.2) is 36.4 Å². The minimum Gasteiger partial charge on any atom is -0.495 e. The Morgan fingerprint density at radius 2 is 1.85 bits per heavy atom. The van der Waals surface area contributed by atoms with Gasteiger partial charge in [-0.25, -0.2) is 4.79 Å². The van der Waals surface area contributed by atoms with Gasteiger partial charge in [-0.05, 0) is 37.3 Å². The summed E-state index contributed by atoms with van der Waals surface area (Å²) in [4.78, 5) is 39.2. The van der Waals surface area contributed by atoms with Gasteiger partial charge in [0.15, 0.2) is 0 Å². The molecule has 34 heavy (non-hydrogen) atoms. The van der Waals surface area contributed by atoms with E-state index < -0.39 is 10.9 Å². The number of nitro groups is 1. The van der Waals surface area contributed by atoms with Gasteiger partial charge in [0, 0.05) is 48.9 Å². The number of halogens is 2. The quantitative estimate of drug-likeness (QED) is 0.236. The number of ether oxygens (including phenoxy) is 2. The highest BCUT2D eigenvalue weighted by molar-refractivity contribution is 6.36. The zero-order chi connectivity index (χ0) is 24.8. The summed E-state index contributed by atoms with van der Waals surface area (Å²) in [6, 6.07) is 7.46. The molecule has 11 heteroatoms. The van der Waals surface area contributed by atoms with Crippen molar-refractivity contribution in [2.75, 3.05) is 44.8 Å². The Hall–Kier alpha value is -3.30. The standard InChI is InChI=1S/C23H23Cl2N3O6/c1-3-34-23(30)16-4-6-19(20(13-16)28(31)32)26-8-10-27(11-9-26)21(29)7-5-15-12-17(24)14-18(25)22(15)33-2/h4-7,12-14H,3,8-11H2,1-2H3/b7-5+. The largest absolute Gasteiger partial charge is 0.495 e. The second-order valence-electron chi connectivity index (χ2n) is 7.34. The van der Waals surface area contributed by atoms with Crippen LogP contribution in [-0.4, -0.2) is 61.6 Å². The predicted octanol–water partition coefficient (Wildman–Crippen LogP) is 4.45. The number of hydrogen-bond donors (Lipinski definition) is 0. The number of rotatable bonds is 7. The van der Waals surface area contributed by atoms with Crippen LogP contribution in [0.1, 0.15) is 22.8 Å². The Morgan fingerprint density at radius 3 is 2.47 bits per heavy atom. The van der Waals surface area contributed by atoms with Gasteiger partial charge < -0.3 is 19.3 Å². The van der Waals surface area contributed by atoms with Crippen LogP contribution in [0.4, 0.5) is 11.4 Å². The van der Waals surface area contributed by atoms with Crippen molar-refractivity contribution >= 4 is 52.5 Å². The number of benzene rings is 2. The first-order valence-corrected chi connectivity index (χ1v) is 11.2. The molecule has 2 aromatic carbocycles. The number of amides is 1. The van der Waals surface area contributed by atoms with Gasteiger partial charge in [0.25, 0.3) is 5.69 Å². The van der Waals surface area contributed by atoms with Crippen LogP contribution >= 0.6 is 23.2 Å². The smallest absolute Gasteiger partial charge is 0.338 e. The van der Waals surface area contributed by atoms with E-state index in [-0.39, 0.29) is 23.8 Å². The number of piperazine rings is 1. The average molecular weight is 508 g/mol. The molecule has 0 N–H and O–H groups in total. The van der Waals surface area contributed by atoms with Gasteiger partial charge in [-0.2, -0.15) is 0 Å². The Morgan fingerprint density at radius 1 is 1.15 bits per heavy atom. The minimum absolute atomic E-state index is 0.118. The monoisotopic (exact) mass is 507 g/mol. The van der Waals surface area contributed by atoms with Gasteiger partial charge in [-0.1, -0.05) is 23.2 Å². The van der Waals surface area contributed by atoms with Crippen LogP contribution in [-0.2, 0) is 9.53 Å². The number of nitro benzene ring substituents is 1. The number of carbonyl (C=O) groups is 2. The van der Waals surface area contributed by atoms with E-state index in [2.05, 4.69) is 0 Å². The molecule has 1 fully saturated rings. The Kier molecular flexibility index (Phi) is 8.36. The number of nitrogens with zero attached hydrogens (tertiary/aromatic N) is 3. The maximum absolute atomic E-state index is 12.7. The molecule has 1 heterocycles. The highest BCUT2D eigenvalue weighted by Gasteiger charge is 2.26. The predicted molar refractivity (Wildman–Crippen MR) is 130 cm³/mol. The third-order valence-electron chi connectivity index (χ3n) is 5.26. The maximum Gasteiger partial charge on any atom is 0.338 e. The summed E-state index contributed by atoms with van der Waals surface area (Å²) < 4.78 is 10.2. The zero-order valence-electron chi connectivity index (χ0n) is 18.6. The topological polar surface area (TPSA) is 102 Å². The molecule has 1 aliphatic heterocycles. The first-order chi connectivity index (χ1) is 16.2. The van der Waals surface area contributed by atoms with Gasteiger partial charge in [-0.15, -0.1) is 0 Å². The summed E-state index contributed by atoms with van der Waals surface area (Å²) >= 11 is 12.2. The maximum atomic E-state index is 12.7. The van der Waals surface area contributed by atoms with Crippen molar-refractivity contribution < 1.29 is 24.0 Å². The van der Waals surface area contributed by atoms with Crippen LogP contribution in [0, 0.1) is 10.1 Å². The number of esters is 1. The number of anilines is 1. The minimum atomic E-state index is -0.614. The Labute approximate surface area is 206 Å². The second kappa shape index (κ2) is 11.2.